The van der Waals surface area contributed by atoms with Crippen LogP contribution in [0.2, 0.25) is 0 Å². The van der Waals surface area contributed by atoms with E-state index in [9.17, 15) is 9.59 Å². The summed E-state index contributed by atoms with van der Waals surface area (Å²) in [5.74, 6) is -0.0489. The Morgan fingerprint density at radius 3 is 2.18 bits per heavy atom. The summed E-state index contributed by atoms with van der Waals surface area (Å²) in [6.07, 6.45) is 0. The number of amides is 3. The van der Waals surface area contributed by atoms with Gasteiger partial charge in [0.2, 0.25) is 0 Å². The van der Waals surface area contributed by atoms with E-state index in [4.69, 9.17) is 0 Å². The maximum Gasteiger partial charge on any atom is 0.323 e. The van der Waals surface area contributed by atoms with E-state index < -0.39 is 0 Å². The lowest BCUT2D eigenvalue weighted by atomic mass is 10.1. The van der Waals surface area contributed by atoms with Gasteiger partial charge in [-0.2, -0.15) is 0 Å². The molecule has 0 saturated heterocycles. The smallest absolute Gasteiger partial charge is 0.323 e. The molecule has 150 valence electrons. The summed E-state index contributed by atoms with van der Waals surface area (Å²) in [7, 11) is 3.79. The summed E-state index contributed by atoms with van der Waals surface area (Å²) >= 11 is 0. The van der Waals surface area contributed by atoms with Crippen molar-refractivity contribution >= 4 is 29.0 Å². The number of carbonyl (C=O) groups excluding carboxylic acids is 2. The topological polar surface area (TPSA) is 64.7 Å². The van der Waals surface area contributed by atoms with Crippen LogP contribution in [0, 0.1) is 13.8 Å². The highest BCUT2D eigenvalue weighted by atomic mass is 16.2. The van der Waals surface area contributed by atoms with Crippen molar-refractivity contribution in [3.63, 3.8) is 0 Å². The van der Waals surface area contributed by atoms with E-state index in [2.05, 4.69) is 10.6 Å². The zero-order chi connectivity index (χ0) is 20.8. The number of rotatable bonds is 6. The molecule has 0 spiro atoms. The Balaban J connectivity index is 2.24. The third-order valence-electron chi connectivity index (χ3n) is 4.65. The van der Waals surface area contributed by atoms with Crippen LogP contribution < -0.4 is 15.5 Å². The highest BCUT2D eigenvalue weighted by Gasteiger charge is 2.19. The molecule has 0 aliphatic heterocycles. The van der Waals surface area contributed by atoms with Gasteiger partial charge in [-0.15, -0.1) is 0 Å². The molecule has 2 aromatic carbocycles. The molecule has 0 aromatic heterocycles. The predicted octanol–water partition coefficient (Wildman–Crippen LogP) is 4.50. The third kappa shape index (κ3) is 5.03. The minimum absolute atomic E-state index is 0.0489. The van der Waals surface area contributed by atoms with Crippen LogP contribution in [-0.2, 0) is 0 Å². The van der Waals surface area contributed by atoms with Crippen molar-refractivity contribution in [2.75, 3.05) is 42.7 Å². The quantitative estimate of drug-likeness (QED) is 0.773. The van der Waals surface area contributed by atoms with Gasteiger partial charge in [-0.1, -0.05) is 17.7 Å². The van der Waals surface area contributed by atoms with Crippen molar-refractivity contribution in [2.24, 2.45) is 0 Å². The third-order valence-corrected chi connectivity index (χ3v) is 4.65. The predicted molar refractivity (Wildman–Crippen MR) is 117 cm³/mol. The van der Waals surface area contributed by atoms with Crippen LogP contribution in [0.15, 0.2) is 36.4 Å². The highest BCUT2D eigenvalue weighted by Crippen LogP contribution is 2.25. The number of aryl methyl sites for hydroxylation is 2. The Morgan fingerprint density at radius 2 is 1.61 bits per heavy atom. The summed E-state index contributed by atoms with van der Waals surface area (Å²) < 4.78 is 0. The monoisotopic (exact) mass is 382 g/mol. The molecule has 0 atom stereocenters. The zero-order valence-corrected chi connectivity index (χ0v) is 17.6. The van der Waals surface area contributed by atoms with E-state index >= 15 is 0 Å². The van der Waals surface area contributed by atoms with E-state index in [1.165, 1.54) is 0 Å². The highest BCUT2D eigenvalue weighted by molar-refractivity contribution is 6.04. The van der Waals surface area contributed by atoms with Crippen molar-refractivity contribution < 1.29 is 9.59 Å². The van der Waals surface area contributed by atoms with E-state index in [0.717, 1.165) is 22.5 Å². The molecule has 0 aliphatic rings. The molecule has 0 aliphatic carbocycles. The van der Waals surface area contributed by atoms with E-state index in [1.807, 2.05) is 71.0 Å². The van der Waals surface area contributed by atoms with Gasteiger partial charge in [0.05, 0.1) is 5.56 Å². The molecule has 2 aromatic rings. The number of carbonyl (C=O) groups is 2. The maximum atomic E-state index is 12.9. The Hall–Kier alpha value is -3.02. The van der Waals surface area contributed by atoms with Gasteiger partial charge in [-0.05, 0) is 57.5 Å². The van der Waals surface area contributed by atoms with Crippen molar-refractivity contribution in [3.05, 3.63) is 53.1 Å². The number of nitrogens with zero attached hydrogens (tertiary/aromatic N) is 2. The first kappa shape index (κ1) is 21.3. The molecular formula is C22H30N4O2. The number of anilines is 3. The van der Waals surface area contributed by atoms with Crippen LogP contribution in [0.5, 0.6) is 0 Å². The van der Waals surface area contributed by atoms with Crippen LogP contribution >= 0.6 is 0 Å². The number of nitrogens with one attached hydrogen (secondary N) is 2. The largest absolute Gasteiger partial charge is 0.377 e. The normalized spacial score (nSPS) is 10.4. The molecule has 0 unspecified atom stereocenters. The van der Waals surface area contributed by atoms with Gasteiger partial charge in [0.25, 0.3) is 5.91 Å². The molecule has 28 heavy (non-hydrogen) atoms. The summed E-state index contributed by atoms with van der Waals surface area (Å²) in [6.45, 7) is 9.14. The molecule has 2 N–H and O–H groups in total. The fourth-order valence-electron chi connectivity index (χ4n) is 3.09. The number of hydrogen-bond donors (Lipinski definition) is 2. The standard InChI is InChI=1S/C22H30N4O2/c1-7-26(8-2)21(27)18-14-17(10-12-20(18)25(5)6)23-22(28)24-19-11-9-15(3)13-16(19)4/h9-14H,7-8H2,1-6H3,(H2,23,24,28). The minimum atomic E-state index is -0.342. The van der Waals surface area contributed by atoms with Gasteiger partial charge in [-0.25, -0.2) is 4.79 Å². The molecule has 0 saturated carbocycles. The Bertz CT molecular complexity index is 858. The average Bonchev–Trinajstić information content (AvgIpc) is 2.64. The van der Waals surface area contributed by atoms with E-state index in [-0.39, 0.29) is 11.9 Å². The van der Waals surface area contributed by atoms with Gasteiger partial charge in [0.1, 0.15) is 0 Å². The molecule has 6 heteroatoms. The van der Waals surface area contributed by atoms with Crippen molar-refractivity contribution in [2.45, 2.75) is 27.7 Å². The second-order valence-corrected chi connectivity index (χ2v) is 7.00. The number of benzene rings is 2. The lowest BCUT2D eigenvalue weighted by molar-refractivity contribution is 0.0773. The lowest BCUT2D eigenvalue weighted by Gasteiger charge is -2.23. The van der Waals surface area contributed by atoms with Crippen molar-refractivity contribution in [1.29, 1.82) is 0 Å². The molecule has 6 nitrogen and oxygen atoms in total. The Morgan fingerprint density at radius 1 is 0.929 bits per heavy atom. The molecule has 2 rings (SSSR count). The molecule has 0 heterocycles. The lowest BCUT2D eigenvalue weighted by Crippen LogP contribution is -2.32. The fourth-order valence-corrected chi connectivity index (χ4v) is 3.09. The molecular weight excluding hydrogens is 352 g/mol. The van der Waals surface area contributed by atoms with E-state index in [1.54, 1.807) is 17.0 Å². The SMILES string of the molecule is CCN(CC)C(=O)c1cc(NC(=O)Nc2ccc(C)cc2C)ccc1N(C)C. The first-order valence-corrected chi connectivity index (χ1v) is 9.52. The summed E-state index contributed by atoms with van der Waals surface area (Å²) in [4.78, 5) is 29.0. The summed E-state index contributed by atoms with van der Waals surface area (Å²) in [5.41, 5.74) is 4.85. The van der Waals surface area contributed by atoms with Gasteiger partial charge in [0, 0.05) is 44.2 Å². The Labute approximate surface area is 167 Å². The van der Waals surface area contributed by atoms with Gasteiger partial charge in [-0.3, -0.25) is 4.79 Å². The van der Waals surface area contributed by atoms with Crippen molar-refractivity contribution in [1.82, 2.24) is 4.90 Å². The van der Waals surface area contributed by atoms with Crippen LogP contribution in [0.4, 0.5) is 21.9 Å². The van der Waals surface area contributed by atoms with E-state index in [0.29, 0.717) is 24.3 Å². The Kier molecular flexibility index (Phi) is 7.04. The van der Waals surface area contributed by atoms with Gasteiger partial charge >= 0.3 is 6.03 Å². The van der Waals surface area contributed by atoms with Gasteiger partial charge in [0.15, 0.2) is 0 Å². The van der Waals surface area contributed by atoms with Crippen LogP contribution in [0.3, 0.4) is 0 Å². The molecule has 0 bridgehead atoms. The summed E-state index contributed by atoms with van der Waals surface area (Å²) in [5, 5.41) is 5.69. The van der Waals surface area contributed by atoms with Crippen molar-refractivity contribution in [3.8, 4) is 0 Å². The second-order valence-electron chi connectivity index (χ2n) is 7.00. The minimum Gasteiger partial charge on any atom is -0.377 e. The maximum absolute atomic E-state index is 12.9. The molecule has 0 radical (unpaired) electrons. The van der Waals surface area contributed by atoms with Gasteiger partial charge < -0.3 is 20.4 Å². The first-order valence-electron chi connectivity index (χ1n) is 9.52. The first-order chi connectivity index (χ1) is 13.3. The fraction of sp³-hybridized carbons (Fsp3) is 0.364. The van der Waals surface area contributed by atoms with Crippen LogP contribution in [0.25, 0.3) is 0 Å². The summed E-state index contributed by atoms with van der Waals surface area (Å²) in [6, 6.07) is 10.9. The second kappa shape index (κ2) is 9.26. The average molecular weight is 383 g/mol. The van der Waals surface area contributed by atoms with Crippen LogP contribution in [0.1, 0.15) is 35.3 Å². The zero-order valence-electron chi connectivity index (χ0n) is 17.6. The number of urea groups is 1. The molecule has 0 fully saturated rings. The molecule has 3 amide bonds. The number of hydrogen-bond acceptors (Lipinski definition) is 3. The van der Waals surface area contributed by atoms with Crippen LogP contribution in [-0.4, -0.2) is 44.0 Å².